The summed E-state index contributed by atoms with van der Waals surface area (Å²) in [6.45, 7) is 1.02. The Hall–Kier alpha value is -2.11. The fourth-order valence-corrected chi connectivity index (χ4v) is 2.41. The van der Waals surface area contributed by atoms with Crippen molar-refractivity contribution >= 4 is 11.9 Å². The van der Waals surface area contributed by atoms with E-state index in [-0.39, 0.29) is 17.8 Å². The van der Waals surface area contributed by atoms with Gasteiger partial charge in [0, 0.05) is 19.3 Å². The SMILES string of the molecule is COC(=O)C1CCCN(C(=O)c2ccncc2OC)C1. The number of piperidine rings is 1. The van der Waals surface area contributed by atoms with Crippen LogP contribution in [0.15, 0.2) is 18.5 Å². The Balaban J connectivity index is 2.14. The average Bonchev–Trinajstić information content (AvgIpc) is 2.53. The van der Waals surface area contributed by atoms with E-state index in [1.807, 2.05) is 0 Å². The number of aromatic nitrogens is 1. The minimum Gasteiger partial charge on any atom is -0.494 e. The Morgan fingerprint density at radius 2 is 2.20 bits per heavy atom. The predicted molar refractivity (Wildman–Crippen MR) is 71.4 cm³/mol. The van der Waals surface area contributed by atoms with E-state index in [4.69, 9.17) is 9.47 Å². The number of hydrogen-bond acceptors (Lipinski definition) is 5. The predicted octanol–water partition coefficient (Wildman–Crippen LogP) is 1.12. The van der Waals surface area contributed by atoms with Gasteiger partial charge in [0.2, 0.25) is 0 Å². The van der Waals surface area contributed by atoms with Gasteiger partial charge in [0.25, 0.3) is 5.91 Å². The van der Waals surface area contributed by atoms with Crippen molar-refractivity contribution in [2.75, 3.05) is 27.3 Å². The fraction of sp³-hybridized carbons (Fsp3) is 0.500. The molecule has 0 N–H and O–H groups in total. The molecule has 1 saturated heterocycles. The molecule has 0 spiro atoms. The number of amides is 1. The van der Waals surface area contributed by atoms with Crippen molar-refractivity contribution < 1.29 is 19.1 Å². The zero-order valence-corrected chi connectivity index (χ0v) is 11.7. The lowest BCUT2D eigenvalue weighted by atomic mass is 9.97. The van der Waals surface area contributed by atoms with Crippen LogP contribution in [0.5, 0.6) is 5.75 Å². The molecular weight excluding hydrogens is 260 g/mol. The number of carbonyl (C=O) groups excluding carboxylic acids is 2. The van der Waals surface area contributed by atoms with Crippen LogP contribution in [0.3, 0.4) is 0 Å². The third-order valence-electron chi connectivity index (χ3n) is 3.48. The number of esters is 1. The van der Waals surface area contributed by atoms with Gasteiger partial charge in [-0.2, -0.15) is 0 Å². The van der Waals surface area contributed by atoms with Crippen molar-refractivity contribution in [1.82, 2.24) is 9.88 Å². The minimum absolute atomic E-state index is 0.141. The van der Waals surface area contributed by atoms with Gasteiger partial charge in [-0.1, -0.05) is 0 Å². The monoisotopic (exact) mass is 278 g/mol. The quantitative estimate of drug-likeness (QED) is 0.775. The van der Waals surface area contributed by atoms with Gasteiger partial charge in [0.1, 0.15) is 5.75 Å². The molecule has 2 heterocycles. The van der Waals surface area contributed by atoms with Gasteiger partial charge in [-0.3, -0.25) is 14.6 Å². The molecule has 2 rings (SSSR count). The lowest BCUT2D eigenvalue weighted by Gasteiger charge is -2.31. The third-order valence-corrected chi connectivity index (χ3v) is 3.48. The molecular formula is C14H18N2O4. The van der Waals surface area contributed by atoms with Gasteiger partial charge in [0.05, 0.1) is 31.9 Å². The van der Waals surface area contributed by atoms with Crippen molar-refractivity contribution in [3.8, 4) is 5.75 Å². The number of pyridine rings is 1. The third kappa shape index (κ3) is 2.89. The molecule has 1 unspecified atom stereocenters. The first kappa shape index (κ1) is 14.3. The van der Waals surface area contributed by atoms with E-state index in [0.29, 0.717) is 24.4 Å². The first-order chi connectivity index (χ1) is 9.67. The number of hydrogen-bond donors (Lipinski definition) is 0. The second-order valence-electron chi connectivity index (χ2n) is 4.69. The summed E-state index contributed by atoms with van der Waals surface area (Å²) < 4.78 is 9.91. The summed E-state index contributed by atoms with van der Waals surface area (Å²) in [5.41, 5.74) is 0.466. The van der Waals surface area contributed by atoms with E-state index in [1.54, 1.807) is 17.2 Å². The van der Waals surface area contributed by atoms with E-state index in [1.165, 1.54) is 20.4 Å². The molecule has 6 heteroatoms. The summed E-state index contributed by atoms with van der Waals surface area (Å²) in [5, 5.41) is 0. The lowest BCUT2D eigenvalue weighted by Crippen LogP contribution is -2.42. The molecule has 1 aliphatic heterocycles. The highest BCUT2D eigenvalue weighted by atomic mass is 16.5. The molecule has 0 radical (unpaired) electrons. The Morgan fingerprint density at radius 3 is 2.90 bits per heavy atom. The average molecular weight is 278 g/mol. The molecule has 0 aromatic carbocycles. The number of rotatable bonds is 3. The van der Waals surface area contributed by atoms with E-state index < -0.39 is 0 Å². The van der Waals surface area contributed by atoms with Gasteiger partial charge >= 0.3 is 5.97 Å². The molecule has 1 fully saturated rings. The molecule has 1 aromatic rings. The Bertz CT molecular complexity index is 504. The summed E-state index contributed by atoms with van der Waals surface area (Å²) in [5.74, 6) is -0.203. The topological polar surface area (TPSA) is 68.7 Å². The van der Waals surface area contributed by atoms with Crippen molar-refractivity contribution in [1.29, 1.82) is 0 Å². The number of methoxy groups -OCH3 is 2. The van der Waals surface area contributed by atoms with Crippen molar-refractivity contribution in [2.45, 2.75) is 12.8 Å². The standard InChI is InChI=1S/C14H18N2O4/c1-19-12-8-15-6-5-11(12)13(17)16-7-3-4-10(9-16)14(18)20-2/h5-6,8,10H,3-4,7,9H2,1-2H3. The van der Waals surface area contributed by atoms with Crippen molar-refractivity contribution in [2.24, 2.45) is 5.92 Å². The number of nitrogens with zero attached hydrogens (tertiary/aromatic N) is 2. The van der Waals surface area contributed by atoms with E-state index in [9.17, 15) is 9.59 Å². The van der Waals surface area contributed by atoms with Crippen LogP contribution >= 0.6 is 0 Å². The number of carbonyl (C=O) groups is 2. The second-order valence-corrected chi connectivity index (χ2v) is 4.69. The summed E-state index contributed by atoms with van der Waals surface area (Å²) in [6, 6.07) is 1.63. The van der Waals surface area contributed by atoms with E-state index >= 15 is 0 Å². The smallest absolute Gasteiger partial charge is 0.310 e. The van der Waals surface area contributed by atoms with Crippen LogP contribution in [0, 0.1) is 5.92 Å². The normalized spacial score (nSPS) is 18.5. The van der Waals surface area contributed by atoms with Gasteiger partial charge in [-0.05, 0) is 18.9 Å². The molecule has 6 nitrogen and oxygen atoms in total. The Morgan fingerprint density at radius 1 is 1.40 bits per heavy atom. The first-order valence-corrected chi connectivity index (χ1v) is 6.52. The summed E-state index contributed by atoms with van der Waals surface area (Å²) in [6.07, 6.45) is 4.61. The van der Waals surface area contributed by atoms with Crippen LogP contribution in [-0.2, 0) is 9.53 Å². The van der Waals surface area contributed by atoms with Crippen molar-refractivity contribution in [3.63, 3.8) is 0 Å². The molecule has 0 saturated carbocycles. The highest BCUT2D eigenvalue weighted by molar-refractivity contribution is 5.97. The highest BCUT2D eigenvalue weighted by Gasteiger charge is 2.30. The van der Waals surface area contributed by atoms with Gasteiger partial charge < -0.3 is 14.4 Å². The number of ether oxygens (including phenoxy) is 2. The largest absolute Gasteiger partial charge is 0.494 e. The van der Waals surface area contributed by atoms with Gasteiger partial charge in [-0.25, -0.2) is 0 Å². The maximum absolute atomic E-state index is 12.5. The van der Waals surface area contributed by atoms with Crippen LogP contribution in [0.25, 0.3) is 0 Å². The van der Waals surface area contributed by atoms with Crippen LogP contribution in [0.4, 0.5) is 0 Å². The molecule has 1 aliphatic rings. The van der Waals surface area contributed by atoms with Crippen molar-refractivity contribution in [3.05, 3.63) is 24.0 Å². The highest BCUT2D eigenvalue weighted by Crippen LogP contribution is 2.23. The lowest BCUT2D eigenvalue weighted by molar-refractivity contribution is -0.146. The summed E-state index contributed by atoms with van der Waals surface area (Å²) in [7, 11) is 2.87. The zero-order valence-electron chi connectivity index (χ0n) is 11.7. The second kappa shape index (κ2) is 6.36. The maximum Gasteiger partial charge on any atom is 0.310 e. The van der Waals surface area contributed by atoms with Crippen LogP contribution in [0.2, 0.25) is 0 Å². The molecule has 108 valence electrons. The summed E-state index contributed by atoms with van der Waals surface area (Å²) >= 11 is 0. The molecule has 1 aromatic heterocycles. The minimum atomic E-state index is -0.260. The van der Waals surface area contributed by atoms with Gasteiger partial charge in [0.15, 0.2) is 0 Å². The van der Waals surface area contributed by atoms with E-state index in [2.05, 4.69) is 4.98 Å². The summed E-state index contributed by atoms with van der Waals surface area (Å²) in [4.78, 5) is 29.7. The molecule has 0 bridgehead atoms. The van der Waals surface area contributed by atoms with Gasteiger partial charge in [-0.15, -0.1) is 0 Å². The van der Waals surface area contributed by atoms with E-state index in [0.717, 1.165) is 12.8 Å². The Labute approximate surface area is 117 Å². The van der Waals surface area contributed by atoms with Crippen LogP contribution in [-0.4, -0.2) is 49.1 Å². The first-order valence-electron chi connectivity index (χ1n) is 6.52. The maximum atomic E-state index is 12.5. The molecule has 1 atom stereocenters. The molecule has 0 aliphatic carbocycles. The van der Waals surface area contributed by atoms with Crippen LogP contribution < -0.4 is 4.74 Å². The molecule has 1 amide bonds. The Kier molecular flexibility index (Phi) is 4.55. The van der Waals surface area contributed by atoms with Crippen LogP contribution in [0.1, 0.15) is 23.2 Å². The zero-order chi connectivity index (χ0) is 14.5. The molecule has 20 heavy (non-hydrogen) atoms. The fourth-order valence-electron chi connectivity index (χ4n) is 2.41. The number of likely N-dealkylation sites (tertiary alicyclic amines) is 1.